The normalized spacial score (nSPS) is 19.1. The molecule has 0 atom stereocenters. The summed E-state index contributed by atoms with van der Waals surface area (Å²) in [4.78, 5) is 2.55. The minimum absolute atomic E-state index is 0.221. The maximum absolute atomic E-state index is 3.61. The Kier molecular flexibility index (Phi) is 4.57. The highest BCUT2D eigenvalue weighted by Crippen LogP contribution is 2.18. The highest BCUT2D eigenvalue weighted by Gasteiger charge is 2.23. The molecule has 1 N–H and O–H groups in total. The summed E-state index contributed by atoms with van der Waals surface area (Å²) in [6.45, 7) is 16.0. The van der Waals surface area contributed by atoms with E-state index in [1.54, 1.807) is 0 Å². The van der Waals surface area contributed by atoms with Gasteiger partial charge in [0, 0.05) is 31.7 Å². The van der Waals surface area contributed by atoms with Crippen LogP contribution in [0.3, 0.4) is 0 Å². The van der Waals surface area contributed by atoms with Gasteiger partial charge in [0.15, 0.2) is 0 Å². The third-order valence-corrected chi connectivity index (χ3v) is 2.89. The third-order valence-electron chi connectivity index (χ3n) is 2.89. The number of rotatable bonds is 4. The van der Waals surface area contributed by atoms with Gasteiger partial charge in [0.1, 0.15) is 0 Å². The summed E-state index contributed by atoms with van der Waals surface area (Å²) in [7, 11) is 0. The van der Waals surface area contributed by atoms with Gasteiger partial charge in [0.2, 0.25) is 0 Å². The molecule has 0 fully saturated rings. The lowest BCUT2D eigenvalue weighted by Gasteiger charge is -2.35. The van der Waals surface area contributed by atoms with Gasteiger partial charge in [0.25, 0.3) is 0 Å². The van der Waals surface area contributed by atoms with Crippen LogP contribution in [0.5, 0.6) is 0 Å². The highest BCUT2D eigenvalue weighted by atomic mass is 15.1. The zero-order valence-corrected chi connectivity index (χ0v) is 11.6. The van der Waals surface area contributed by atoms with Crippen LogP contribution in [0, 0.1) is 5.41 Å². The fourth-order valence-electron chi connectivity index (χ4n) is 2.00. The van der Waals surface area contributed by atoms with Crippen molar-refractivity contribution in [3.05, 3.63) is 12.2 Å². The molecule has 0 unspecified atom stereocenters. The van der Waals surface area contributed by atoms with Crippen molar-refractivity contribution in [3.63, 3.8) is 0 Å². The molecule has 0 aromatic rings. The molecule has 1 rings (SSSR count). The molecule has 0 aliphatic carbocycles. The molecular weight excluding hydrogens is 196 g/mol. The SMILES string of the molecule is CC(C)(CNC(C)(C)C)CN1CC=CCC1. The van der Waals surface area contributed by atoms with Crippen molar-refractivity contribution < 1.29 is 0 Å². The zero-order chi connectivity index (χ0) is 12.2. The smallest absolute Gasteiger partial charge is 0.0163 e. The van der Waals surface area contributed by atoms with Gasteiger partial charge in [0.05, 0.1) is 0 Å². The predicted octanol–water partition coefficient (Wildman–Crippen LogP) is 2.66. The number of hydrogen-bond donors (Lipinski definition) is 1. The van der Waals surface area contributed by atoms with Crippen LogP contribution < -0.4 is 5.32 Å². The fraction of sp³-hybridized carbons (Fsp3) is 0.857. The van der Waals surface area contributed by atoms with Gasteiger partial charge in [-0.25, -0.2) is 0 Å². The van der Waals surface area contributed by atoms with Crippen LogP contribution in [-0.4, -0.2) is 36.6 Å². The van der Waals surface area contributed by atoms with Crippen molar-refractivity contribution in [1.82, 2.24) is 10.2 Å². The Bertz CT molecular complexity index is 236. The van der Waals surface area contributed by atoms with Gasteiger partial charge in [-0.05, 0) is 32.6 Å². The Labute approximate surface area is 101 Å². The number of hydrogen-bond acceptors (Lipinski definition) is 2. The van der Waals surface area contributed by atoms with Gasteiger partial charge >= 0.3 is 0 Å². The Morgan fingerprint density at radius 2 is 1.81 bits per heavy atom. The molecule has 2 heteroatoms. The molecule has 0 spiro atoms. The van der Waals surface area contributed by atoms with Gasteiger partial charge in [-0.15, -0.1) is 0 Å². The largest absolute Gasteiger partial charge is 0.311 e. The molecule has 0 aromatic heterocycles. The summed E-state index contributed by atoms with van der Waals surface area (Å²) >= 11 is 0. The van der Waals surface area contributed by atoms with Gasteiger partial charge in [-0.3, -0.25) is 4.90 Å². The van der Waals surface area contributed by atoms with E-state index in [1.807, 2.05) is 0 Å². The van der Waals surface area contributed by atoms with Crippen LogP contribution in [0.15, 0.2) is 12.2 Å². The lowest BCUT2D eigenvalue weighted by Crippen LogP contribution is -2.46. The van der Waals surface area contributed by atoms with E-state index >= 15 is 0 Å². The van der Waals surface area contributed by atoms with Crippen molar-refractivity contribution in [2.24, 2.45) is 5.41 Å². The number of nitrogens with one attached hydrogen (secondary N) is 1. The van der Waals surface area contributed by atoms with Crippen molar-refractivity contribution in [2.45, 2.75) is 46.6 Å². The van der Waals surface area contributed by atoms with E-state index in [0.717, 1.165) is 13.1 Å². The third kappa shape index (κ3) is 5.66. The molecule has 0 aromatic carbocycles. The summed E-state index contributed by atoms with van der Waals surface area (Å²) in [6, 6.07) is 0. The van der Waals surface area contributed by atoms with E-state index < -0.39 is 0 Å². The molecule has 2 nitrogen and oxygen atoms in total. The van der Waals surface area contributed by atoms with Gasteiger partial charge < -0.3 is 5.32 Å². The van der Waals surface area contributed by atoms with Crippen molar-refractivity contribution in [3.8, 4) is 0 Å². The first kappa shape index (κ1) is 13.7. The lowest BCUT2D eigenvalue weighted by molar-refractivity contribution is 0.176. The van der Waals surface area contributed by atoms with E-state index in [4.69, 9.17) is 0 Å². The molecule has 0 saturated heterocycles. The first-order valence-corrected chi connectivity index (χ1v) is 6.41. The summed E-state index contributed by atoms with van der Waals surface area (Å²) in [5.74, 6) is 0. The topological polar surface area (TPSA) is 15.3 Å². The monoisotopic (exact) mass is 224 g/mol. The van der Waals surface area contributed by atoms with Crippen molar-refractivity contribution in [1.29, 1.82) is 0 Å². The molecule has 0 radical (unpaired) electrons. The van der Waals surface area contributed by atoms with Gasteiger partial charge in [-0.2, -0.15) is 0 Å². The van der Waals surface area contributed by atoms with E-state index in [2.05, 4.69) is 57.0 Å². The van der Waals surface area contributed by atoms with Crippen LogP contribution in [0.1, 0.15) is 41.0 Å². The van der Waals surface area contributed by atoms with Crippen LogP contribution in [0.4, 0.5) is 0 Å². The number of nitrogens with zero attached hydrogens (tertiary/aromatic N) is 1. The molecule has 94 valence electrons. The van der Waals surface area contributed by atoms with Gasteiger partial charge in [-0.1, -0.05) is 26.0 Å². The van der Waals surface area contributed by atoms with Crippen molar-refractivity contribution in [2.75, 3.05) is 26.2 Å². The lowest BCUT2D eigenvalue weighted by atomic mass is 9.91. The second-order valence-corrected chi connectivity index (χ2v) is 6.76. The second-order valence-electron chi connectivity index (χ2n) is 6.76. The summed E-state index contributed by atoms with van der Waals surface area (Å²) in [6.07, 6.45) is 5.79. The van der Waals surface area contributed by atoms with E-state index in [-0.39, 0.29) is 5.54 Å². The standard InChI is InChI=1S/C14H28N2/c1-13(2,3)15-11-14(4,5)12-16-9-7-6-8-10-16/h6-7,15H,8-12H2,1-5H3. The molecule has 1 aliphatic heterocycles. The van der Waals surface area contributed by atoms with Crippen molar-refractivity contribution >= 4 is 0 Å². The Hall–Kier alpha value is -0.340. The Morgan fingerprint density at radius 3 is 2.31 bits per heavy atom. The second kappa shape index (κ2) is 5.33. The minimum atomic E-state index is 0.221. The molecule has 0 bridgehead atoms. The summed E-state index contributed by atoms with van der Waals surface area (Å²) in [5.41, 5.74) is 0.567. The van der Waals surface area contributed by atoms with Crippen LogP contribution in [0.25, 0.3) is 0 Å². The van der Waals surface area contributed by atoms with Crippen LogP contribution in [0.2, 0.25) is 0 Å². The van der Waals surface area contributed by atoms with Crippen LogP contribution in [-0.2, 0) is 0 Å². The molecule has 0 amide bonds. The quantitative estimate of drug-likeness (QED) is 0.739. The molecule has 0 saturated carbocycles. The Morgan fingerprint density at radius 1 is 1.12 bits per heavy atom. The van der Waals surface area contributed by atoms with Crippen LogP contribution >= 0.6 is 0 Å². The molecule has 1 aliphatic rings. The summed E-state index contributed by atoms with van der Waals surface area (Å²) in [5, 5.41) is 3.61. The van der Waals surface area contributed by atoms with E-state index in [1.165, 1.54) is 19.5 Å². The first-order chi connectivity index (χ1) is 7.29. The molecule has 16 heavy (non-hydrogen) atoms. The van der Waals surface area contributed by atoms with E-state index in [9.17, 15) is 0 Å². The summed E-state index contributed by atoms with van der Waals surface area (Å²) < 4.78 is 0. The Balaban J connectivity index is 2.35. The fourth-order valence-corrected chi connectivity index (χ4v) is 2.00. The predicted molar refractivity (Wildman–Crippen MR) is 71.7 cm³/mol. The average molecular weight is 224 g/mol. The minimum Gasteiger partial charge on any atom is -0.311 e. The molecule has 1 heterocycles. The zero-order valence-electron chi connectivity index (χ0n) is 11.6. The molecular formula is C14H28N2. The first-order valence-electron chi connectivity index (χ1n) is 6.41. The average Bonchev–Trinajstić information content (AvgIpc) is 2.15. The highest BCUT2D eigenvalue weighted by molar-refractivity contribution is 4.92. The van der Waals surface area contributed by atoms with E-state index in [0.29, 0.717) is 5.41 Å². The maximum Gasteiger partial charge on any atom is 0.0163 e. The maximum atomic E-state index is 3.61.